The van der Waals surface area contributed by atoms with Gasteiger partial charge in [0, 0.05) is 5.69 Å². The van der Waals surface area contributed by atoms with Gasteiger partial charge in [-0.3, -0.25) is 9.59 Å². The fourth-order valence-electron chi connectivity index (χ4n) is 3.01. The second kappa shape index (κ2) is 7.58. The molecule has 26 heavy (non-hydrogen) atoms. The van der Waals surface area contributed by atoms with Crippen molar-refractivity contribution in [3.63, 3.8) is 0 Å². The van der Waals surface area contributed by atoms with Gasteiger partial charge in [0.15, 0.2) is 0 Å². The van der Waals surface area contributed by atoms with Crippen molar-refractivity contribution in [1.82, 2.24) is 5.32 Å². The molecular weight excluding hydrogens is 330 g/mol. The van der Waals surface area contributed by atoms with Crippen LogP contribution in [0.5, 0.6) is 11.5 Å². The van der Waals surface area contributed by atoms with Crippen LogP contribution in [0, 0.1) is 0 Å². The minimum Gasteiger partial charge on any atom is -0.457 e. The average molecular weight is 353 g/mol. The monoisotopic (exact) mass is 353 g/mol. The van der Waals surface area contributed by atoms with Gasteiger partial charge in [-0.2, -0.15) is 0 Å². The van der Waals surface area contributed by atoms with E-state index in [9.17, 15) is 9.59 Å². The largest absolute Gasteiger partial charge is 0.457 e. The van der Waals surface area contributed by atoms with E-state index in [4.69, 9.17) is 10.5 Å². The summed E-state index contributed by atoms with van der Waals surface area (Å²) in [5.74, 6) is 0.372. The van der Waals surface area contributed by atoms with Crippen LogP contribution >= 0.6 is 0 Å². The number of anilines is 1. The van der Waals surface area contributed by atoms with Crippen molar-refractivity contribution in [3.8, 4) is 11.5 Å². The van der Waals surface area contributed by atoms with E-state index in [0.717, 1.165) is 25.8 Å². The average Bonchev–Trinajstić information content (AvgIpc) is 2.64. The fraction of sp³-hybridized carbons (Fsp3) is 0.300. The molecular formula is C20H23N3O3. The van der Waals surface area contributed by atoms with Crippen molar-refractivity contribution < 1.29 is 14.3 Å². The van der Waals surface area contributed by atoms with Crippen molar-refractivity contribution in [2.24, 2.45) is 5.73 Å². The lowest BCUT2D eigenvalue weighted by Crippen LogP contribution is -2.54. The van der Waals surface area contributed by atoms with E-state index < -0.39 is 11.4 Å². The van der Waals surface area contributed by atoms with Crippen molar-refractivity contribution in [2.75, 3.05) is 11.9 Å². The summed E-state index contributed by atoms with van der Waals surface area (Å²) >= 11 is 0. The van der Waals surface area contributed by atoms with Gasteiger partial charge in [0.25, 0.3) is 5.91 Å². The molecule has 0 bridgehead atoms. The lowest BCUT2D eigenvalue weighted by Gasteiger charge is -2.33. The molecule has 0 radical (unpaired) electrons. The first kappa shape index (κ1) is 17.9. The summed E-state index contributed by atoms with van der Waals surface area (Å²) < 4.78 is 5.74. The standard InChI is InChI=1S/C20H23N3O3/c1-20(12-4-5-13-22-20)19(25)23-14-8-10-15(11-9-14)26-17-7-3-2-6-16(17)18(21)24/h2-3,6-11,22H,4-5,12-13H2,1H3,(H2,21,24)(H,23,25). The van der Waals surface area contributed by atoms with Gasteiger partial charge in [-0.25, -0.2) is 0 Å². The lowest BCUT2D eigenvalue weighted by atomic mass is 9.90. The molecule has 136 valence electrons. The third-order valence-corrected chi connectivity index (χ3v) is 4.61. The first-order chi connectivity index (χ1) is 12.5. The number of amides is 2. The molecule has 4 N–H and O–H groups in total. The van der Waals surface area contributed by atoms with Crippen LogP contribution in [0.3, 0.4) is 0 Å². The number of hydrogen-bond acceptors (Lipinski definition) is 4. The summed E-state index contributed by atoms with van der Waals surface area (Å²) in [7, 11) is 0. The maximum Gasteiger partial charge on any atom is 0.252 e. The summed E-state index contributed by atoms with van der Waals surface area (Å²) in [5, 5.41) is 6.24. The molecule has 3 rings (SSSR count). The van der Waals surface area contributed by atoms with E-state index in [0.29, 0.717) is 22.7 Å². The lowest BCUT2D eigenvalue weighted by molar-refractivity contribution is -0.122. The van der Waals surface area contributed by atoms with Crippen molar-refractivity contribution in [2.45, 2.75) is 31.7 Å². The molecule has 1 aliphatic rings. The maximum atomic E-state index is 12.5. The van der Waals surface area contributed by atoms with E-state index in [2.05, 4.69) is 10.6 Å². The zero-order valence-corrected chi connectivity index (χ0v) is 14.7. The summed E-state index contributed by atoms with van der Waals surface area (Å²) in [6.45, 7) is 2.79. The smallest absolute Gasteiger partial charge is 0.252 e. The predicted octanol–water partition coefficient (Wildman–Crippen LogP) is 3.05. The molecule has 6 nitrogen and oxygen atoms in total. The molecule has 0 spiro atoms. The van der Waals surface area contributed by atoms with Crippen LogP contribution in [0.15, 0.2) is 48.5 Å². The number of carbonyl (C=O) groups excluding carboxylic acids is 2. The number of rotatable bonds is 5. The highest BCUT2D eigenvalue weighted by molar-refractivity contribution is 5.98. The Hall–Kier alpha value is -2.86. The molecule has 0 aliphatic carbocycles. The second-order valence-electron chi connectivity index (χ2n) is 6.66. The fourth-order valence-corrected chi connectivity index (χ4v) is 3.01. The number of carbonyl (C=O) groups is 2. The van der Waals surface area contributed by atoms with Crippen molar-refractivity contribution in [3.05, 3.63) is 54.1 Å². The first-order valence-corrected chi connectivity index (χ1v) is 8.71. The highest BCUT2D eigenvalue weighted by Crippen LogP contribution is 2.27. The number of benzene rings is 2. The zero-order valence-electron chi connectivity index (χ0n) is 14.7. The number of nitrogens with two attached hydrogens (primary N) is 1. The maximum absolute atomic E-state index is 12.5. The minimum absolute atomic E-state index is 0.0371. The SMILES string of the molecule is CC1(C(=O)Nc2ccc(Oc3ccccc3C(N)=O)cc2)CCCCN1. The Morgan fingerprint density at radius 1 is 1.12 bits per heavy atom. The van der Waals surface area contributed by atoms with Gasteiger partial charge < -0.3 is 21.1 Å². The summed E-state index contributed by atoms with van der Waals surface area (Å²) in [6, 6.07) is 13.8. The second-order valence-corrected chi connectivity index (χ2v) is 6.66. The number of hydrogen-bond donors (Lipinski definition) is 3. The van der Waals surface area contributed by atoms with Crippen LogP contribution in [-0.4, -0.2) is 23.9 Å². The highest BCUT2D eigenvalue weighted by Gasteiger charge is 2.34. The molecule has 1 saturated heterocycles. The van der Waals surface area contributed by atoms with E-state index in [1.165, 1.54) is 0 Å². The Bertz CT molecular complexity index is 796. The Morgan fingerprint density at radius 2 is 1.85 bits per heavy atom. The molecule has 1 fully saturated rings. The summed E-state index contributed by atoms with van der Waals surface area (Å²) in [6.07, 6.45) is 2.97. The Labute approximate surface area is 152 Å². The summed E-state index contributed by atoms with van der Waals surface area (Å²) in [4.78, 5) is 24.0. The van der Waals surface area contributed by atoms with Crippen LogP contribution in [0.1, 0.15) is 36.5 Å². The van der Waals surface area contributed by atoms with E-state index >= 15 is 0 Å². The van der Waals surface area contributed by atoms with Crippen LogP contribution in [0.25, 0.3) is 0 Å². The molecule has 1 atom stereocenters. The van der Waals surface area contributed by atoms with E-state index in [1.807, 2.05) is 6.92 Å². The number of para-hydroxylation sites is 1. The van der Waals surface area contributed by atoms with Gasteiger partial charge in [-0.15, -0.1) is 0 Å². The van der Waals surface area contributed by atoms with Gasteiger partial charge in [-0.1, -0.05) is 12.1 Å². The Morgan fingerprint density at radius 3 is 2.50 bits per heavy atom. The van der Waals surface area contributed by atoms with Crippen LogP contribution in [0.4, 0.5) is 5.69 Å². The number of ether oxygens (including phenoxy) is 1. The molecule has 0 aromatic heterocycles. The molecule has 0 saturated carbocycles. The van der Waals surface area contributed by atoms with Gasteiger partial charge in [0.1, 0.15) is 11.5 Å². The van der Waals surface area contributed by atoms with Gasteiger partial charge in [-0.05, 0) is 69.1 Å². The van der Waals surface area contributed by atoms with Crippen LogP contribution in [-0.2, 0) is 4.79 Å². The zero-order chi connectivity index (χ0) is 18.6. The molecule has 6 heteroatoms. The first-order valence-electron chi connectivity index (χ1n) is 8.71. The van der Waals surface area contributed by atoms with Gasteiger partial charge in [0.2, 0.25) is 5.91 Å². The third kappa shape index (κ3) is 4.03. The topological polar surface area (TPSA) is 93.4 Å². The molecule has 2 aromatic rings. The normalized spacial score (nSPS) is 19.6. The Balaban J connectivity index is 1.67. The molecule has 2 amide bonds. The number of piperidine rings is 1. The third-order valence-electron chi connectivity index (χ3n) is 4.61. The van der Waals surface area contributed by atoms with Gasteiger partial charge in [0.05, 0.1) is 11.1 Å². The van der Waals surface area contributed by atoms with E-state index in [1.54, 1.807) is 48.5 Å². The molecule has 1 aliphatic heterocycles. The highest BCUT2D eigenvalue weighted by atomic mass is 16.5. The van der Waals surface area contributed by atoms with Crippen LogP contribution < -0.4 is 21.1 Å². The molecule has 1 unspecified atom stereocenters. The Kier molecular flexibility index (Phi) is 5.23. The quantitative estimate of drug-likeness (QED) is 0.770. The van der Waals surface area contributed by atoms with Crippen molar-refractivity contribution in [1.29, 1.82) is 0 Å². The van der Waals surface area contributed by atoms with Crippen LogP contribution in [0.2, 0.25) is 0 Å². The number of primary amides is 1. The number of nitrogens with one attached hydrogen (secondary N) is 2. The van der Waals surface area contributed by atoms with Crippen molar-refractivity contribution >= 4 is 17.5 Å². The summed E-state index contributed by atoms with van der Waals surface area (Å²) in [5.41, 5.74) is 5.84. The van der Waals surface area contributed by atoms with Gasteiger partial charge >= 0.3 is 0 Å². The van der Waals surface area contributed by atoms with E-state index in [-0.39, 0.29) is 5.91 Å². The predicted molar refractivity (Wildman–Crippen MR) is 100 cm³/mol. The molecule has 1 heterocycles. The minimum atomic E-state index is -0.544. The molecule has 2 aromatic carbocycles.